The highest BCUT2D eigenvalue weighted by Gasteiger charge is 2.70. The van der Waals surface area contributed by atoms with Gasteiger partial charge < -0.3 is 10.6 Å². The van der Waals surface area contributed by atoms with Crippen LogP contribution in [0.15, 0.2) is 48.5 Å². The zero-order chi connectivity index (χ0) is 17.5. The van der Waals surface area contributed by atoms with E-state index in [1.165, 1.54) is 35.3 Å². The van der Waals surface area contributed by atoms with Crippen LogP contribution in [0.5, 0.6) is 0 Å². The van der Waals surface area contributed by atoms with Gasteiger partial charge >= 0.3 is 0 Å². The Morgan fingerprint density at radius 2 is 1.15 bits per heavy atom. The molecule has 134 valence electrons. The summed E-state index contributed by atoms with van der Waals surface area (Å²) in [5.41, 5.74) is 5.86. The van der Waals surface area contributed by atoms with Crippen molar-refractivity contribution in [1.29, 1.82) is 0 Å². The summed E-state index contributed by atoms with van der Waals surface area (Å²) in [7, 11) is 4.59. The number of hydrogen-bond acceptors (Lipinski definition) is 4. The zero-order valence-corrected chi connectivity index (χ0v) is 15.5. The van der Waals surface area contributed by atoms with E-state index in [4.69, 9.17) is 0 Å². The van der Waals surface area contributed by atoms with Crippen LogP contribution < -0.4 is 10.6 Å². The summed E-state index contributed by atoms with van der Waals surface area (Å²) in [6.07, 6.45) is 3.06. The Balaban J connectivity index is 1.75. The van der Waals surface area contributed by atoms with Gasteiger partial charge in [-0.2, -0.15) is 0 Å². The molecule has 4 aliphatic heterocycles. The summed E-state index contributed by atoms with van der Waals surface area (Å²) < 4.78 is 0. The first-order valence-corrected chi connectivity index (χ1v) is 9.81. The second-order valence-electron chi connectivity index (χ2n) is 8.59. The molecule has 4 atom stereocenters. The van der Waals surface area contributed by atoms with Gasteiger partial charge in [0, 0.05) is 35.3 Å². The van der Waals surface area contributed by atoms with Crippen molar-refractivity contribution >= 4 is 11.4 Å². The van der Waals surface area contributed by atoms with Crippen LogP contribution in [0.1, 0.15) is 24.0 Å². The Morgan fingerprint density at radius 1 is 0.731 bits per heavy atom. The van der Waals surface area contributed by atoms with Crippen LogP contribution in [0, 0.1) is 0 Å². The fraction of sp³-hybridized carbons (Fsp3) is 0.455. The number of para-hydroxylation sites is 2. The number of anilines is 2. The third-order valence-corrected chi connectivity index (χ3v) is 7.73. The molecule has 6 rings (SSSR count). The molecule has 1 unspecified atom stereocenters. The maximum Gasteiger partial charge on any atom is 0.0901 e. The zero-order valence-electron chi connectivity index (χ0n) is 15.5. The number of fused-ring (bicyclic) bond motifs is 2. The molecule has 2 fully saturated rings. The summed E-state index contributed by atoms with van der Waals surface area (Å²) in [4.78, 5) is 5.11. The summed E-state index contributed by atoms with van der Waals surface area (Å²) in [5.74, 6) is 0. The van der Waals surface area contributed by atoms with Crippen LogP contribution >= 0.6 is 0 Å². The lowest BCUT2D eigenvalue weighted by molar-refractivity contribution is -0.0691. The smallest absolute Gasteiger partial charge is 0.0901 e. The van der Waals surface area contributed by atoms with E-state index in [-0.39, 0.29) is 10.8 Å². The lowest BCUT2D eigenvalue weighted by atomic mass is 9.45. The van der Waals surface area contributed by atoms with E-state index in [1.54, 1.807) is 0 Å². The first-order valence-electron chi connectivity index (χ1n) is 9.81. The van der Waals surface area contributed by atoms with E-state index in [0.717, 1.165) is 13.1 Å². The molecule has 0 radical (unpaired) electrons. The first kappa shape index (κ1) is 15.1. The number of nitrogens with zero attached hydrogens (tertiary/aromatic N) is 2. The Hall–Kier alpha value is -2.04. The van der Waals surface area contributed by atoms with Gasteiger partial charge in [0.2, 0.25) is 0 Å². The minimum absolute atomic E-state index is 0.105. The van der Waals surface area contributed by atoms with Gasteiger partial charge in [-0.3, -0.25) is 9.80 Å². The molecule has 2 saturated heterocycles. The van der Waals surface area contributed by atoms with E-state index >= 15 is 0 Å². The maximum atomic E-state index is 3.95. The standard InChI is InChI=1S/C22H26N4/c1-25-13-11-22-16-8-4-5-9-17(16)23-19(25)21(22)12-14-26(2)20(22)24-18-10-6-3-7-15(18)21/h3-10,19-20,23-24H,11-14H2,1-2H3/t19-,20?,21-,22-/m0/s1. The highest BCUT2D eigenvalue weighted by atomic mass is 15.4. The molecular weight excluding hydrogens is 320 g/mol. The number of nitrogens with one attached hydrogen (secondary N) is 2. The number of likely N-dealkylation sites (N-methyl/N-ethyl adjacent to an activating group) is 2. The number of rotatable bonds is 0. The van der Waals surface area contributed by atoms with Crippen LogP contribution in [-0.4, -0.2) is 49.3 Å². The molecule has 0 saturated carbocycles. The lowest BCUT2D eigenvalue weighted by Gasteiger charge is -2.71. The van der Waals surface area contributed by atoms with Gasteiger partial charge in [0.15, 0.2) is 0 Å². The van der Waals surface area contributed by atoms with Gasteiger partial charge in [0.25, 0.3) is 0 Å². The van der Waals surface area contributed by atoms with Crippen molar-refractivity contribution in [2.45, 2.75) is 36.0 Å². The molecule has 4 nitrogen and oxygen atoms in total. The van der Waals surface area contributed by atoms with Crippen molar-refractivity contribution in [2.75, 3.05) is 37.8 Å². The van der Waals surface area contributed by atoms with Gasteiger partial charge in [0.1, 0.15) is 0 Å². The molecule has 2 aromatic rings. The predicted octanol–water partition coefficient (Wildman–Crippen LogP) is 3.04. The summed E-state index contributed by atoms with van der Waals surface area (Å²) in [6, 6.07) is 18.1. The second kappa shape index (κ2) is 4.81. The maximum absolute atomic E-state index is 3.95. The third kappa shape index (κ3) is 1.47. The normalized spacial score (nSPS) is 37.6. The monoisotopic (exact) mass is 346 g/mol. The molecule has 0 aliphatic carbocycles. The SMILES string of the molecule is CN1CC[C@@]23c4ccccc4NC1[C@@]21CCN(C)[C@@H]3Nc2ccccc21. The molecule has 0 aromatic heterocycles. The van der Waals surface area contributed by atoms with Gasteiger partial charge in [-0.05, 0) is 50.2 Å². The Labute approximate surface area is 155 Å². The van der Waals surface area contributed by atoms with E-state index in [0.29, 0.717) is 12.3 Å². The van der Waals surface area contributed by atoms with Gasteiger partial charge in [-0.15, -0.1) is 0 Å². The summed E-state index contributed by atoms with van der Waals surface area (Å²) in [5, 5.41) is 7.91. The molecule has 26 heavy (non-hydrogen) atoms. The van der Waals surface area contributed by atoms with Crippen LogP contribution in [0.2, 0.25) is 0 Å². The third-order valence-electron chi connectivity index (χ3n) is 7.73. The molecule has 4 bridgehead atoms. The average molecular weight is 346 g/mol. The minimum atomic E-state index is 0.105. The molecule has 2 aromatic carbocycles. The van der Waals surface area contributed by atoms with Crippen molar-refractivity contribution in [1.82, 2.24) is 9.80 Å². The molecular formula is C22H26N4. The molecule has 4 heterocycles. The van der Waals surface area contributed by atoms with Crippen molar-refractivity contribution in [3.05, 3.63) is 59.7 Å². The van der Waals surface area contributed by atoms with Gasteiger partial charge in [0.05, 0.1) is 12.3 Å². The first-order chi connectivity index (χ1) is 12.7. The number of piperidine rings is 2. The van der Waals surface area contributed by atoms with E-state index in [9.17, 15) is 0 Å². The topological polar surface area (TPSA) is 30.5 Å². The lowest BCUT2D eigenvalue weighted by Crippen LogP contribution is -2.80. The number of benzene rings is 2. The van der Waals surface area contributed by atoms with Crippen LogP contribution in [0.3, 0.4) is 0 Å². The number of hydrogen-bond donors (Lipinski definition) is 2. The fourth-order valence-electron chi connectivity index (χ4n) is 6.73. The highest BCUT2D eigenvalue weighted by molar-refractivity contribution is 5.72. The molecule has 2 N–H and O–H groups in total. The minimum Gasteiger partial charge on any atom is -0.369 e. The molecule has 0 amide bonds. The van der Waals surface area contributed by atoms with Crippen molar-refractivity contribution in [3.63, 3.8) is 0 Å². The largest absolute Gasteiger partial charge is 0.369 e. The van der Waals surface area contributed by atoms with Crippen LogP contribution in [-0.2, 0) is 10.8 Å². The second-order valence-corrected chi connectivity index (χ2v) is 8.59. The van der Waals surface area contributed by atoms with E-state index < -0.39 is 0 Å². The molecule has 0 spiro atoms. The quantitative estimate of drug-likeness (QED) is 0.768. The molecule has 4 aliphatic rings. The Bertz CT molecular complexity index is 822. The average Bonchev–Trinajstić information content (AvgIpc) is 2.67. The summed E-state index contributed by atoms with van der Waals surface area (Å²) >= 11 is 0. The molecule has 4 heteroatoms. The predicted molar refractivity (Wildman–Crippen MR) is 106 cm³/mol. The van der Waals surface area contributed by atoms with Crippen molar-refractivity contribution < 1.29 is 0 Å². The van der Waals surface area contributed by atoms with E-state index in [2.05, 4.69) is 83.1 Å². The van der Waals surface area contributed by atoms with Crippen molar-refractivity contribution in [3.8, 4) is 0 Å². The van der Waals surface area contributed by atoms with Crippen molar-refractivity contribution in [2.24, 2.45) is 0 Å². The van der Waals surface area contributed by atoms with E-state index in [1.807, 2.05) is 0 Å². The van der Waals surface area contributed by atoms with Gasteiger partial charge in [-0.25, -0.2) is 0 Å². The number of likely N-dealkylation sites (tertiary alicyclic amines) is 2. The Morgan fingerprint density at radius 3 is 1.62 bits per heavy atom. The Kier molecular flexibility index (Phi) is 2.79. The van der Waals surface area contributed by atoms with Crippen LogP contribution in [0.4, 0.5) is 11.4 Å². The highest BCUT2D eigenvalue weighted by Crippen LogP contribution is 2.65. The van der Waals surface area contributed by atoms with Crippen LogP contribution in [0.25, 0.3) is 0 Å². The van der Waals surface area contributed by atoms with Gasteiger partial charge in [-0.1, -0.05) is 36.4 Å². The fourth-order valence-corrected chi connectivity index (χ4v) is 6.73. The summed E-state index contributed by atoms with van der Waals surface area (Å²) in [6.45, 7) is 2.25.